The number of benzene rings is 4. The minimum atomic E-state index is -0.669. The standard InChI is InChI=1S/C30H22Br2N4O3/c31-24-13-11-20(12-14-24)29(38)39-27-16-15-25(32)17-21(27)19-33-35-28(37)26-18-30(36-34-26,22-7-3-1-4-8-22)23-9-5-2-6-10-23/h1-17,19,36H,18H2,(H,35,37). The Morgan fingerprint density at radius 2 is 1.49 bits per heavy atom. The molecule has 1 amide bonds. The van der Waals surface area contributed by atoms with Crippen LogP contribution in [0.2, 0.25) is 0 Å². The van der Waals surface area contributed by atoms with Crippen molar-refractivity contribution in [3.8, 4) is 5.75 Å². The van der Waals surface area contributed by atoms with Crippen LogP contribution in [0.3, 0.4) is 0 Å². The van der Waals surface area contributed by atoms with Gasteiger partial charge in [-0.1, -0.05) is 92.5 Å². The quantitative estimate of drug-likeness (QED) is 0.109. The summed E-state index contributed by atoms with van der Waals surface area (Å²) in [6.45, 7) is 0. The zero-order valence-electron chi connectivity index (χ0n) is 20.5. The second-order valence-corrected chi connectivity index (χ2v) is 10.6. The molecule has 0 radical (unpaired) electrons. The van der Waals surface area contributed by atoms with Crippen LogP contribution in [0.4, 0.5) is 0 Å². The van der Waals surface area contributed by atoms with Gasteiger partial charge in [-0.3, -0.25) is 10.2 Å². The predicted molar refractivity (Wildman–Crippen MR) is 158 cm³/mol. The number of rotatable bonds is 7. The number of esters is 1. The van der Waals surface area contributed by atoms with Crippen LogP contribution in [0.5, 0.6) is 5.75 Å². The fraction of sp³-hybridized carbons (Fsp3) is 0.0667. The molecule has 0 saturated carbocycles. The normalized spacial score (nSPS) is 13.9. The Morgan fingerprint density at radius 3 is 2.13 bits per heavy atom. The number of hydrogen-bond donors (Lipinski definition) is 2. The topological polar surface area (TPSA) is 92.1 Å². The van der Waals surface area contributed by atoms with E-state index in [1.54, 1.807) is 42.5 Å². The average Bonchev–Trinajstić information content (AvgIpc) is 3.43. The smallest absolute Gasteiger partial charge is 0.343 e. The lowest BCUT2D eigenvalue weighted by molar-refractivity contribution is -0.114. The van der Waals surface area contributed by atoms with Gasteiger partial charge in [-0.15, -0.1) is 0 Å². The zero-order chi connectivity index (χ0) is 27.2. The number of carbonyl (C=O) groups is 2. The van der Waals surface area contributed by atoms with Crippen LogP contribution in [0.25, 0.3) is 0 Å². The van der Waals surface area contributed by atoms with Gasteiger partial charge in [-0.25, -0.2) is 10.2 Å². The van der Waals surface area contributed by atoms with Crippen LogP contribution < -0.4 is 15.6 Å². The van der Waals surface area contributed by atoms with Crippen LogP contribution >= 0.6 is 31.9 Å². The number of nitrogens with zero attached hydrogens (tertiary/aromatic N) is 2. The Morgan fingerprint density at radius 1 is 0.872 bits per heavy atom. The van der Waals surface area contributed by atoms with E-state index in [0.29, 0.717) is 29.0 Å². The van der Waals surface area contributed by atoms with Gasteiger partial charge >= 0.3 is 5.97 Å². The van der Waals surface area contributed by atoms with Gasteiger partial charge in [0.15, 0.2) is 0 Å². The third-order valence-electron chi connectivity index (χ3n) is 6.23. The molecule has 0 fully saturated rings. The van der Waals surface area contributed by atoms with Crippen molar-refractivity contribution in [3.63, 3.8) is 0 Å². The SMILES string of the molecule is O=C(NN=Cc1cc(Br)ccc1OC(=O)c1ccc(Br)cc1)C1=NNC(c2ccccc2)(c2ccccc2)C1. The molecule has 1 heterocycles. The lowest BCUT2D eigenvalue weighted by atomic mass is 9.80. The van der Waals surface area contributed by atoms with Crippen LogP contribution in [0, 0.1) is 0 Å². The van der Waals surface area contributed by atoms with E-state index in [9.17, 15) is 9.59 Å². The van der Waals surface area contributed by atoms with Gasteiger partial charge in [0.25, 0.3) is 5.91 Å². The zero-order valence-corrected chi connectivity index (χ0v) is 23.6. The van der Waals surface area contributed by atoms with Gasteiger partial charge in [-0.05, 0) is 53.6 Å². The van der Waals surface area contributed by atoms with Gasteiger partial charge < -0.3 is 4.74 Å². The third-order valence-corrected chi connectivity index (χ3v) is 7.26. The molecular weight excluding hydrogens is 624 g/mol. The van der Waals surface area contributed by atoms with E-state index in [2.05, 4.69) is 52.9 Å². The summed E-state index contributed by atoms with van der Waals surface area (Å²) in [7, 11) is 0. The molecule has 39 heavy (non-hydrogen) atoms. The monoisotopic (exact) mass is 644 g/mol. The maximum atomic E-state index is 13.0. The van der Waals surface area contributed by atoms with Gasteiger partial charge in [0.1, 0.15) is 17.0 Å². The van der Waals surface area contributed by atoms with Crippen molar-refractivity contribution >= 4 is 55.7 Å². The van der Waals surface area contributed by atoms with Crippen molar-refractivity contribution in [2.24, 2.45) is 10.2 Å². The number of nitrogens with one attached hydrogen (secondary N) is 2. The Balaban J connectivity index is 1.30. The van der Waals surface area contributed by atoms with Crippen LogP contribution in [-0.4, -0.2) is 23.8 Å². The molecule has 1 aliphatic heterocycles. The van der Waals surface area contributed by atoms with Crippen LogP contribution in [0.1, 0.15) is 33.5 Å². The molecule has 1 aliphatic rings. The summed E-state index contributed by atoms with van der Waals surface area (Å²) in [6.07, 6.45) is 1.77. The van der Waals surface area contributed by atoms with Crippen molar-refractivity contribution in [1.29, 1.82) is 0 Å². The minimum Gasteiger partial charge on any atom is -0.422 e. The maximum absolute atomic E-state index is 13.0. The van der Waals surface area contributed by atoms with Gasteiger partial charge in [-0.2, -0.15) is 10.2 Å². The summed E-state index contributed by atoms with van der Waals surface area (Å²) < 4.78 is 7.22. The molecular formula is C30H22Br2N4O3. The number of carbonyl (C=O) groups excluding carboxylic acids is 2. The Hall–Kier alpha value is -4.08. The molecule has 9 heteroatoms. The highest BCUT2D eigenvalue weighted by atomic mass is 79.9. The summed E-state index contributed by atoms with van der Waals surface area (Å²) >= 11 is 6.78. The van der Waals surface area contributed by atoms with E-state index in [4.69, 9.17) is 4.74 Å². The number of halogens is 2. The number of hydrazone groups is 2. The molecule has 5 rings (SSSR count). The highest BCUT2D eigenvalue weighted by Crippen LogP contribution is 2.36. The lowest BCUT2D eigenvalue weighted by Crippen LogP contribution is -2.38. The summed E-state index contributed by atoms with van der Waals surface area (Å²) in [5.41, 5.74) is 8.31. The number of amides is 1. The van der Waals surface area contributed by atoms with Gasteiger partial charge in [0.05, 0.1) is 11.8 Å². The lowest BCUT2D eigenvalue weighted by Gasteiger charge is -2.30. The van der Waals surface area contributed by atoms with E-state index in [1.165, 1.54) is 6.21 Å². The Kier molecular flexibility index (Phi) is 7.99. The van der Waals surface area contributed by atoms with E-state index in [0.717, 1.165) is 20.1 Å². The van der Waals surface area contributed by atoms with E-state index < -0.39 is 17.4 Å². The maximum Gasteiger partial charge on any atom is 0.343 e. The van der Waals surface area contributed by atoms with Gasteiger partial charge in [0.2, 0.25) is 0 Å². The fourth-order valence-corrected chi connectivity index (χ4v) is 4.90. The molecule has 0 atom stereocenters. The molecule has 0 aliphatic carbocycles. The molecule has 4 aromatic rings. The highest BCUT2D eigenvalue weighted by molar-refractivity contribution is 9.10. The van der Waals surface area contributed by atoms with E-state index >= 15 is 0 Å². The first kappa shape index (κ1) is 26.5. The summed E-state index contributed by atoms with van der Waals surface area (Å²) in [4.78, 5) is 25.7. The predicted octanol–water partition coefficient (Wildman–Crippen LogP) is 6.17. The molecule has 7 nitrogen and oxygen atoms in total. The molecule has 2 N–H and O–H groups in total. The average molecular weight is 646 g/mol. The van der Waals surface area contributed by atoms with Crippen molar-refractivity contribution in [1.82, 2.24) is 10.9 Å². The minimum absolute atomic E-state index is 0.302. The molecule has 0 saturated heterocycles. The summed E-state index contributed by atoms with van der Waals surface area (Å²) in [6, 6.07) is 31.8. The second kappa shape index (κ2) is 11.8. The van der Waals surface area contributed by atoms with Crippen molar-refractivity contribution in [2.75, 3.05) is 0 Å². The fourth-order valence-electron chi connectivity index (χ4n) is 4.25. The first-order valence-electron chi connectivity index (χ1n) is 12.0. The van der Waals surface area contributed by atoms with E-state index in [-0.39, 0.29) is 0 Å². The van der Waals surface area contributed by atoms with Crippen molar-refractivity contribution < 1.29 is 14.3 Å². The molecule has 4 aromatic carbocycles. The Labute approximate surface area is 242 Å². The highest BCUT2D eigenvalue weighted by Gasteiger charge is 2.41. The molecule has 0 unspecified atom stereocenters. The van der Waals surface area contributed by atoms with Crippen LogP contribution in [-0.2, 0) is 10.3 Å². The Bertz CT molecular complexity index is 1520. The summed E-state index contributed by atoms with van der Waals surface area (Å²) in [5.74, 6) is -0.639. The number of hydrogen-bond acceptors (Lipinski definition) is 6. The third kappa shape index (κ3) is 6.00. The molecule has 0 bridgehead atoms. The van der Waals surface area contributed by atoms with Crippen molar-refractivity contribution in [2.45, 2.75) is 12.0 Å². The first-order chi connectivity index (χ1) is 18.9. The van der Waals surface area contributed by atoms with Crippen molar-refractivity contribution in [3.05, 3.63) is 134 Å². The molecule has 0 spiro atoms. The van der Waals surface area contributed by atoms with Crippen LogP contribution in [0.15, 0.2) is 122 Å². The first-order valence-corrected chi connectivity index (χ1v) is 13.6. The molecule has 194 valence electrons. The van der Waals surface area contributed by atoms with E-state index in [1.807, 2.05) is 60.7 Å². The number of ether oxygens (including phenoxy) is 1. The molecule has 0 aromatic heterocycles. The second-order valence-electron chi connectivity index (χ2n) is 8.76. The summed E-state index contributed by atoms with van der Waals surface area (Å²) in [5, 5.41) is 8.50. The van der Waals surface area contributed by atoms with Gasteiger partial charge in [0, 0.05) is 20.9 Å². The largest absolute Gasteiger partial charge is 0.422 e.